The third kappa shape index (κ3) is 2.95. The summed E-state index contributed by atoms with van der Waals surface area (Å²) in [5.74, 6) is 0.401. The highest BCUT2D eigenvalue weighted by molar-refractivity contribution is 9.10. The molecule has 0 radical (unpaired) electrons. The van der Waals surface area contributed by atoms with E-state index in [-0.39, 0.29) is 11.4 Å². The molecule has 0 amide bonds. The quantitative estimate of drug-likeness (QED) is 0.619. The Labute approximate surface area is 123 Å². The van der Waals surface area contributed by atoms with Crippen LogP contribution in [-0.2, 0) is 0 Å². The maximum Gasteiger partial charge on any atom is 0.312 e. The van der Waals surface area contributed by atoms with Crippen LogP contribution in [0, 0.1) is 28.4 Å². The molecule has 6 heteroatoms. The zero-order valence-electron chi connectivity index (χ0n) is 10.5. The highest BCUT2D eigenvalue weighted by Gasteiger charge is 2.17. The maximum atomic E-state index is 11.0. The summed E-state index contributed by atoms with van der Waals surface area (Å²) in [5, 5.41) is 20.1. The van der Waals surface area contributed by atoms with E-state index in [2.05, 4.69) is 15.9 Å². The minimum atomic E-state index is -0.526. The molecule has 100 valence electrons. The second kappa shape index (κ2) is 5.72. The number of nitrogens with zero attached hydrogens (tertiary/aromatic N) is 2. The summed E-state index contributed by atoms with van der Waals surface area (Å²) in [6.45, 7) is 1.85. The standard InChI is InChI=1S/C14H9BrN2O3/c1-9-2-3-10(8-16)14(6-9)20-13-5-4-11(15)7-12(13)17(18)19/h2-7H,1H3. The van der Waals surface area contributed by atoms with Gasteiger partial charge in [-0.15, -0.1) is 0 Å². The van der Waals surface area contributed by atoms with Crippen molar-refractivity contribution in [2.75, 3.05) is 0 Å². The summed E-state index contributed by atoms with van der Waals surface area (Å²) < 4.78 is 6.13. The van der Waals surface area contributed by atoms with Crippen molar-refractivity contribution in [2.24, 2.45) is 0 Å². The third-order valence-electron chi connectivity index (χ3n) is 2.60. The van der Waals surface area contributed by atoms with Crippen molar-refractivity contribution in [3.63, 3.8) is 0 Å². The topological polar surface area (TPSA) is 76.2 Å². The lowest BCUT2D eigenvalue weighted by Crippen LogP contribution is -1.95. The Balaban J connectivity index is 2.48. The first-order valence-corrected chi connectivity index (χ1v) is 6.43. The van der Waals surface area contributed by atoms with Crippen molar-refractivity contribution in [2.45, 2.75) is 6.92 Å². The Morgan fingerprint density at radius 3 is 2.65 bits per heavy atom. The normalized spacial score (nSPS) is 9.85. The fraction of sp³-hybridized carbons (Fsp3) is 0.0714. The summed E-state index contributed by atoms with van der Waals surface area (Å²) in [4.78, 5) is 10.5. The highest BCUT2D eigenvalue weighted by Crippen LogP contribution is 2.35. The van der Waals surface area contributed by atoms with Crippen LogP contribution in [-0.4, -0.2) is 4.92 Å². The molecule has 0 unspecified atom stereocenters. The fourth-order valence-electron chi connectivity index (χ4n) is 1.64. The second-order valence-electron chi connectivity index (χ2n) is 4.08. The van der Waals surface area contributed by atoms with Crippen LogP contribution in [0.5, 0.6) is 11.5 Å². The average molecular weight is 333 g/mol. The molecule has 2 aromatic carbocycles. The van der Waals surface area contributed by atoms with Crippen LogP contribution < -0.4 is 4.74 Å². The number of hydrogen-bond acceptors (Lipinski definition) is 4. The van der Waals surface area contributed by atoms with Crippen LogP contribution >= 0.6 is 15.9 Å². The predicted molar refractivity (Wildman–Crippen MR) is 76.8 cm³/mol. The van der Waals surface area contributed by atoms with E-state index in [9.17, 15) is 10.1 Å². The van der Waals surface area contributed by atoms with Crippen LogP contribution in [0.4, 0.5) is 5.69 Å². The van der Waals surface area contributed by atoms with Crippen LogP contribution in [0.15, 0.2) is 40.9 Å². The third-order valence-corrected chi connectivity index (χ3v) is 3.09. The second-order valence-corrected chi connectivity index (χ2v) is 5.00. The van der Waals surface area contributed by atoms with Crippen LogP contribution in [0.25, 0.3) is 0 Å². The minimum Gasteiger partial charge on any atom is -0.449 e. The Kier molecular flexibility index (Phi) is 4.01. The Bertz CT molecular complexity index is 723. The van der Waals surface area contributed by atoms with Gasteiger partial charge in [-0.3, -0.25) is 10.1 Å². The van der Waals surface area contributed by atoms with E-state index in [1.807, 2.05) is 13.0 Å². The smallest absolute Gasteiger partial charge is 0.312 e. The first-order valence-electron chi connectivity index (χ1n) is 5.64. The van der Waals surface area contributed by atoms with Gasteiger partial charge in [0.05, 0.1) is 10.5 Å². The number of benzene rings is 2. The van der Waals surface area contributed by atoms with Crippen molar-refractivity contribution < 1.29 is 9.66 Å². The monoisotopic (exact) mass is 332 g/mol. The van der Waals surface area contributed by atoms with Crippen molar-refractivity contribution in [1.29, 1.82) is 5.26 Å². The molecule has 20 heavy (non-hydrogen) atoms. The number of halogens is 1. The van der Waals surface area contributed by atoms with Gasteiger partial charge in [0.25, 0.3) is 0 Å². The van der Waals surface area contributed by atoms with E-state index in [0.717, 1.165) is 5.56 Å². The lowest BCUT2D eigenvalue weighted by Gasteiger charge is -2.08. The first-order chi connectivity index (χ1) is 9.51. The first kappa shape index (κ1) is 14.0. The Morgan fingerprint density at radius 2 is 2.00 bits per heavy atom. The van der Waals surface area contributed by atoms with Crippen LogP contribution in [0.2, 0.25) is 0 Å². The van der Waals surface area contributed by atoms with E-state index in [1.165, 1.54) is 12.1 Å². The number of ether oxygens (including phenoxy) is 1. The van der Waals surface area contributed by atoms with Gasteiger partial charge in [0.15, 0.2) is 0 Å². The van der Waals surface area contributed by atoms with Gasteiger partial charge >= 0.3 is 5.69 Å². The summed E-state index contributed by atoms with van der Waals surface area (Å²) >= 11 is 3.18. The molecule has 0 N–H and O–H groups in total. The molecule has 0 aliphatic rings. The van der Waals surface area contributed by atoms with E-state index in [0.29, 0.717) is 15.8 Å². The predicted octanol–water partition coefficient (Wildman–Crippen LogP) is 4.33. The van der Waals surface area contributed by atoms with Gasteiger partial charge in [0, 0.05) is 10.5 Å². The Morgan fingerprint density at radius 1 is 1.25 bits per heavy atom. The average Bonchev–Trinajstić information content (AvgIpc) is 2.41. The van der Waals surface area contributed by atoms with Crippen molar-refractivity contribution in [1.82, 2.24) is 0 Å². The van der Waals surface area contributed by atoms with Gasteiger partial charge in [-0.25, -0.2) is 0 Å². The number of nitro groups is 1. The number of nitriles is 1. The number of rotatable bonds is 3. The van der Waals surface area contributed by atoms with Crippen LogP contribution in [0.3, 0.4) is 0 Å². The van der Waals surface area contributed by atoms with Gasteiger partial charge in [-0.1, -0.05) is 22.0 Å². The molecular weight excluding hydrogens is 324 g/mol. The molecule has 0 saturated carbocycles. The molecule has 0 bridgehead atoms. The summed E-state index contributed by atoms with van der Waals surface area (Å²) in [6.07, 6.45) is 0. The molecule has 0 heterocycles. The molecule has 0 saturated heterocycles. The summed E-state index contributed by atoms with van der Waals surface area (Å²) in [5.41, 5.74) is 1.07. The molecule has 0 aromatic heterocycles. The molecule has 0 fully saturated rings. The zero-order valence-corrected chi connectivity index (χ0v) is 12.0. The summed E-state index contributed by atoms with van der Waals surface area (Å²) in [6, 6.07) is 11.6. The van der Waals surface area contributed by atoms with Crippen LogP contribution in [0.1, 0.15) is 11.1 Å². The van der Waals surface area contributed by atoms with Gasteiger partial charge in [-0.05, 0) is 36.8 Å². The highest BCUT2D eigenvalue weighted by atomic mass is 79.9. The van der Waals surface area contributed by atoms with Gasteiger partial charge in [0.1, 0.15) is 11.8 Å². The number of hydrogen-bond donors (Lipinski definition) is 0. The van der Waals surface area contributed by atoms with Gasteiger partial charge in [-0.2, -0.15) is 5.26 Å². The largest absolute Gasteiger partial charge is 0.449 e. The molecule has 2 aromatic rings. The molecular formula is C14H9BrN2O3. The van der Waals surface area contributed by atoms with Crippen molar-refractivity contribution >= 4 is 21.6 Å². The van der Waals surface area contributed by atoms with Crippen molar-refractivity contribution in [3.8, 4) is 17.6 Å². The van der Waals surface area contributed by atoms with Gasteiger partial charge in [0.2, 0.25) is 5.75 Å². The lowest BCUT2D eigenvalue weighted by molar-refractivity contribution is -0.385. The summed E-state index contributed by atoms with van der Waals surface area (Å²) in [7, 11) is 0. The zero-order chi connectivity index (χ0) is 14.7. The minimum absolute atomic E-state index is 0.0975. The van der Waals surface area contributed by atoms with Gasteiger partial charge < -0.3 is 4.74 Å². The van der Waals surface area contributed by atoms with E-state index >= 15 is 0 Å². The fourth-order valence-corrected chi connectivity index (χ4v) is 1.99. The van der Waals surface area contributed by atoms with E-state index in [1.54, 1.807) is 24.3 Å². The molecule has 0 spiro atoms. The Hall–Kier alpha value is -2.39. The molecule has 0 aliphatic carbocycles. The maximum absolute atomic E-state index is 11.0. The van der Waals surface area contributed by atoms with Crippen molar-refractivity contribution in [3.05, 3.63) is 62.1 Å². The molecule has 0 aliphatic heterocycles. The SMILES string of the molecule is Cc1ccc(C#N)c(Oc2ccc(Br)cc2[N+](=O)[O-])c1. The number of aryl methyl sites for hydroxylation is 1. The van der Waals surface area contributed by atoms with E-state index < -0.39 is 4.92 Å². The molecule has 2 rings (SSSR count). The van der Waals surface area contributed by atoms with E-state index in [4.69, 9.17) is 10.00 Å². The molecule has 5 nitrogen and oxygen atoms in total. The number of nitro benzene ring substituents is 1. The lowest BCUT2D eigenvalue weighted by atomic mass is 10.1. The molecule has 0 atom stereocenters.